The first-order chi connectivity index (χ1) is 18.0. The molecule has 37 heavy (non-hydrogen) atoms. The summed E-state index contributed by atoms with van der Waals surface area (Å²) in [7, 11) is 0. The first-order valence-electron chi connectivity index (χ1n) is 12.1. The van der Waals surface area contributed by atoms with E-state index in [0.717, 1.165) is 16.9 Å². The number of amides is 4. The molecule has 2 aliphatic heterocycles. The van der Waals surface area contributed by atoms with Crippen LogP contribution in [-0.2, 0) is 16.1 Å². The first-order valence-corrected chi connectivity index (χ1v) is 12.1. The number of fused-ring (bicyclic) bond motifs is 1. The Bertz CT molecular complexity index is 1300. The van der Waals surface area contributed by atoms with Gasteiger partial charge in [0.05, 0.1) is 18.7 Å². The van der Waals surface area contributed by atoms with Crippen molar-refractivity contribution in [3.63, 3.8) is 0 Å². The highest BCUT2D eigenvalue weighted by Crippen LogP contribution is 2.34. The van der Waals surface area contributed by atoms with Crippen LogP contribution in [0.2, 0.25) is 0 Å². The molecule has 190 valence electrons. The van der Waals surface area contributed by atoms with Crippen molar-refractivity contribution in [2.45, 2.75) is 32.4 Å². The molecule has 2 aliphatic rings. The largest absolute Gasteiger partial charge is 0.494 e. The highest BCUT2D eigenvalue weighted by molar-refractivity contribution is 6.22. The molecular weight excluding hydrogens is 474 g/mol. The van der Waals surface area contributed by atoms with E-state index in [9.17, 15) is 14.4 Å². The molecule has 0 aliphatic carbocycles. The van der Waals surface area contributed by atoms with Gasteiger partial charge in [0, 0.05) is 12.2 Å². The minimum atomic E-state index is -0.967. The fraction of sp³-hybridized carbons (Fsp3) is 0.250. The summed E-state index contributed by atoms with van der Waals surface area (Å²) in [4.78, 5) is 42.5. The Morgan fingerprint density at radius 3 is 2.51 bits per heavy atom. The number of anilines is 2. The number of hydrogen-bond donors (Lipinski definition) is 1. The molecule has 9 heteroatoms. The average Bonchev–Trinajstić information content (AvgIpc) is 3.47. The van der Waals surface area contributed by atoms with Crippen molar-refractivity contribution in [3.8, 4) is 17.2 Å². The summed E-state index contributed by atoms with van der Waals surface area (Å²) in [5.41, 5.74) is 1.79. The highest BCUT2D eigenvalue weighted by atomic mass is 16.7. The van der Waals surface area contributed by atoms with E-state index in [4.69, 9.17) is 14.2 Å². The monoisotopic (exact) mass is 501 g/mol. The van der Waals surface area contributed by atoms with Crippen LogP contribution in [-0.4, -0.2) is 42.2 Å². The topological polar surface area (TPSA) is 97.4 Å². The van der Waals surface area contributed by atoms with Gasteiger partial charge in [-0.3, -0.25) is 9.59 Å². The van der Waals surface area contributed by atoms with E-state index < -0.39 is 18.0 Å². The van der Waals surface area contributed by atoms with Gasteiger partial charge in [-0.2, -0.15) is 0 Å². The van der Waals surface area contributed by atoms with Crippen molar-refractivity contribution in [1.82, 2.24) is 4.90 Å². The fourth-order valence-corrected chi connectivity index (χ4v) is 4.31. The van der Waals surface area contributed by atoms with E-state index in [1.165, 1.54) is 4.90 Å². The van der Waals surface area contributed by atoms with E-state index in [1.807, 2.05) is 19.1 Å². The van der Waals surface area contributed by atoms with Crippen molar-refractivity contribution in [2.75, 3.05) is 23.6 Å². The number of ether oxygens (including phenoxy) is 3. The van der Waals surface area contributed by atoms with Crippen LogP contribution < -0.4 is 24.4 Å². The number of imide groups is 1. The summed E-state index contributed by atoms with van der Waals surface area (Å²) in [6.45, 7) is 2.90. The maximum absolute atomic E-state index is 13.5. The molecule has 4 amide bonds. The summed E-state index contributed by atoms with van der Waals surface area (Å²) >= 11 is 0. The molecule has 9 nitrogen and oxygen atoms in total. The summed E-state index contributed by atoms with van der Waals surface area (Å²) in [6, 6.07) is 19.7. The van der Waals surface area contributed by atoms with Crippen molar-refractivity contribution >= 4 is 29.2 Å². The average molecular weight is 502 g/mol. The summed E-state index contributed by atoms with van der Waals surface area (Å²) < 4.78 is 16.4. The predicted octanol–water partition coefficient (Wildman–Crippen LogP) is 4.57. The van der Waals surface area contributed by atoms with Crippen molar-refractivity contribution in [1.29, 1.82) is 0 Å². The Morgan fingerprint density at radius 2 is 1.76 bits per heavy atom. The number of carbonyl (C=O) groups is 3. The second kappa shape index (κ2) is 10.6. The highest BCUT2D eigenvalue weighted by Gasteiger charge is 2.46. The lowest BCUT2D eigenvalue weighted by molar-refractivity contribution is -0.124. The first kappa shape index (κ1) is 24.2. The van der Waals surface area contributed by atoms with Crippen molar-refractivity contribution < 1.29 is 28.6 Å². The molecule has 1 saturated heterocycles. The van der Waals surface area contributed by atoms with Gasteiger partial charge in [-0.05, 0) is 60.5 Å². The van der Waals surface area contributed by atoms with Crippen LogP contribution in [0.5, 0.6) is 17.2 Å². The zero-order valence-corrected chi connectivity index (χ0v) is 20.4. The number of rotatable bonds is 9. The van der Waals surface area contributed by atoms with Crippen LogP contribution in [0.1, 0.15) is 25.3 Å². The SMILES string of the molecule is CCCOc1ccc(NC(=O)CC2C(=O)N(c3ccccc3)C(=O)N2Cc2ccc3c(c2)OCO3)cc1. The van der Waals surface area contributed by atoms with Crippen LogP contribution in [0.15, 0.2) is 72.8 Å². The Balaban J connectivity index is 1.35. The molecule has 1 unspecified atom stereocenters. The lowest BCUT2D eigenvalue weighted by Gasteiger charge is -2.22. The molecule has 2 heterocycles. The predicted molar refractivity (Wildman–Crippen MR) is 137 cm³/mol. The Hall–Kier alpha value is -4.53. The molecule has 1 atom stereocenters. The molecule has 0 spiro atoms. The summed E-state index contributed by atoms with van der Waals surface area (Å²) in [5.74, 6) is 1.09. The van der Waals surface area contributed by atoms with Gasteiger partial charge in [0.15, 0.2) is 11.5 Å². The molecule has 0 aromatic heterocycles. The molecule has 1 fully saturated rings. The molecule has 0 saturated carbocycles. The number of carbonyl (C=O) groups excluding carboxylic acids is 3. The van der Waals surface area contributed by atoms with Crippen LogP contribution in [0.3, 0.4) is 0 Å². The van der Waals surface area contributed by atoms with Gasteiger partial charge in [0.25, 0.3) is 5.91 Å². The molecule has 0 bridgehead atoms. The Morgan fingerprint density at radius 1 is 1.00 bits per heavy atom. The molecule has 3 aromatic rings. The quantitative estimate of drug-likeness (QED) is 0.432. The second-order valence-electron chi connectivity index (χ2n) is 8.75. The van der Waals surface area contributed by atoms with Gasteiger partial charge < -0.3 is 24.4 Å². The molecular formula is C28H27N3O6. The number of urea groups is 1. The molecule has 1 N–H and O–H groups in total. The zero-order chi connectivity index (χ0) is 25.8. The summed E-state index contributed by atoms with van der Waals surface area (Å²) in [6.07, 6.45) is 0.710. The second-order valence-corrected chi connectivity index (χ2v) is 8.75. The molecule has 5 rings (SSSR count). The van der Waals surface area contributed by atoms with E-state index in [-0.39, 0.29) is 25.7 Å². The van der Waals surface area contributed by atoms with Crippen LogP contribution in [0.25, 0.3) is 0 Å². The maximum atomic E-state index is 13.5. The third kappa shape index (κ3) is 5.20. The lowest BCUT2D eigenvalue weighted by Crippen LogP contribution is -2.37. The Kier molecular flexibility index (Phi) is 6.93. The van der Waals surface area contributed by atoms with Crippen LogP contribution in [0, 0.1) is 0 Å². The van der Waals surface area contributed by atoms with Gasteiger partial charge in [-0.25, -0.2) is 9.69 Å². The minimum Gasteiger partial charge on any atom is -0.494 e. The van der Waals surface area contributed by atoms with Crippen molar-refractivity contribution in [3.05, 3.63) is 78.4 Å². The third-order valence-electron chi connectivity index (χ3n) is 6.11. The summed E-state index contributed by atoms with van der Waals surface area (Å²) in [5, 5.41) is 2.82. The smallest absolute Gasteiger partial charge is 0.332 e. The number of nitrogens with zero attached hydrogens (tertiary/aromatic N) is 2. The van der Waals surface area contributed by atoms with Gasteiger partial charge in [-0.15, -0.1) is 0 Å². The normalized spacial score (nSPS) is 16.3. The van der Waals surface area contributed by atoms with E-state index in [2.05, 4.69) is 5.32 Å². The number of para-hydroxylation sites is 1. The number of nitrogens with one attached hydrogen (secondary N) is 1. The van der Waals surface area contributed by atoms with Crippen LogP contribution in [0.4, 0.5) is 16.2 Å². The zero-order valence-electron chi connectivity index (χ0n) is 20.4. The molecule has 3 aromatic carbocycles. The van der Waals surface area contributed by atoms with Crippen LogP contribution >= 0.6 is 0 Å². The van der Waals surface area contributed by atoms with Gasteiger partial charge in [0.2, 0.25) is 12.7 Å². The Labute approximate surface area is 214 Å². The standard InChI is InChI=1S/C28H27N3O6/c1-2-14-35-22-11-9-20(10-12-22)29-26(32)16-23-27(33)31(21-6-4-3-5-7-21)28(34)30(23)17-19-8-13-24-25(15-19)37-18-36-24/h3-13,15,23H,2,14,16-18H2,1H3,(H,29,32). The maximum Gasteiger partial charge on any atom is 0.332 e. The van der Waals surface area contributed by atoms with Gasteiger partial charge in [-0.1, -0.05) is 31.2 Å². The number of benzene rings is 3. The van der Waals surface area contributed by atoms with Gasteiger partial charge >= 0.3 is 6.03 Å². The van der Waals surface area contributed by atoms with E-state index in [1.54, 1.807) is 60.7 Å². The fourth-order valence-electron chi connectivity index (χ4n) is 4.31. The van der Waals surface area contributed by atoms with Gasteiger partial charge in [0.1, 0.15) is 11.8 Å². The molecule has 0 radical (unpaired) electrons. The minimum absolute atomic E-state index is 0.131. The lowest BCUT2D eigenvalue weighted by atomic mass is 10.1. The van der Waals surface area contributed by atoms with E-state index >= 15 is 0 Å². The van der Waals surface area contributed by atoms with Crippen molar-refractivity contribution in [2.24, 2.45) is 0 Å². The number of hydrogen-bond acceptors (Lipinski definition) is 6. The third-order valence-corrected chi connectivity index (χ3v) is 6.11. The van der Waals surface area contributed by atoms with E-state index in [0.29, 0.717) is 35.2 Å².